The highest BCUT2D eigenvalue weighted by atomic mass is 79.9. The highest BCUT2D eigenvalue weighted by Crippen LogP contribution is 2.44. The molecule has 0 saturated carbocycles. The number of rotatable bonds is 3. The van der Waals surface area contributed by atoms with Gasteiger partial charge in [0.25, 0.3) is 6.23 Å². The Balaban J connectivity index is 1.57. The molecule has 3 aromatic rings. The first-order chi connectivity index (χ1) is 14.5. The average Bonchev–Trinajstić information content (AvgIpc) is 3.19. The summed E-state index contributed by atoms with van der Waals surface area (Å²) in [6, 6.07) is 21.0. The number of nitrogens with zero attached hydrogens (tertiary/aromatic N) is 2. The second-order valence-electron chi connectivity index (χ2n) is 7.54. The van der Waals surface area contributed by atoms with Crippen LogP contribution < -0.4 is 4.74 Å². The number of ketones is 1. The first-order valence-electron chi connectivity index (χ1n) is 9.68. The van der Waals surface area contributed by atoms with E-state index in [1.54, 1.807) is 23.2 Å². The second-order valence-corrected chi connectivity index (χ2v) is 8.89. The largest absolute Gasteiger partial charge is 0.461 e. The van der Waals surface area contributed by atoms with Crippen molar-refractivity contribution in [3.63, 3.8) is 0 Å². The molecule has 0 spiro atoms. The Morgan fingerprint density at radius 2 is 1.83 bits per heavy atom. The van der Waals surface area contributed by atoms with E-state index in [0.717, 1.165) is 21.3 Å². The molecular weight excluding hydrogens is 464 g/mol. The summed E-state index contributed by atoms with van der Waals surface area (Å²) in [7, 11) is 0. The lowest BCUT2D eigenvalue weighted by atomic mass is 9.95. The predicted molar refractivity (Wildman–Crippen MR) is 121 cm³/mol. The molecule has 2 atom stereocenters. The van der Waals surface area contributed by atoms with Crippen LogP contribution >= 0.6 is 27.5 Å². The van der Waals surface area contributed by atoms with Gasteiger partial charge in [-0.3, -0.25) is 4.79 Å². The fourth-order valence-electron chi connectivity index (χ4n) is 3.91. The third-order valence-electron chi connectivity index (χ3n) is 5.49. The number of hydrogen-bond donors (Lipinski definition) is 0. The number of halogens is 2. The van der Waals surface area contributed by atoms with Gasteiger partial charge in [-0.1, -0.05) is 69.5 Å². The number of hydrazone groups is 1. The van der Waals surface area contributed by atoms with Gasteiger partial charge in [-0.2, -0.15) is 5.10 Å². The van der Waals surface area contributed by atoms with E-state index in [0.29, 0.717) is 22.8 Å². The van der Waals surface area contributed by atoms with Crippen LogP contribution in [0.1, 0.15) is 39.5 Å². The molecule has 4 nitrogen and oxygen atoms in total. The van der Waals surface area contributed by atoms with Crippen LogP contribution in [0.5, 0.6) is 5.75 Å². The Hall–Kier alpha value is -2.63. The van der Waals surface area contributed by atoms with Crippen LogP contribution in [0, 0.1) is 6.92 Å². The number of carbonyl (C=O) groups excluding carboxylic acids is 1. The van der Waals surface area contributed by atoms with E-state index in [9.17, 15) is 4.79 Å². The summed E-state index contributed by atoms with van der Waals surface area (Å²) in [5, 5.41) is 7.26. The lowest BCUT2D eigenvalue weighted by Crippen LogP contribution is -2.45. The highest BCUT2D eigenvalue weighted by Gasteiger charge is 2.43. The molecule has 0 bridgehead atoms. The Morgan fingerprint density at radius 1 is 1.10 bits per heavy atom. The number of ether oxygens (including phenoxy) is 1. The minimum absolute atomic E-state index is 0.104. The van der Waals surface area contributed by atoms with Crippen molar-refractivity contribution in [1.29, 1.82) is 0 Å². The van der Waals surface area contributed by atoms with Gasteiger partial charge < -0.3 is 4.74 Å². The quantitative estimate of drug-likeness (QED) is 0.421. The summed E-state index contributed by atoms with van der Waals surface area (Å²) in [6.07, 6.45) is -0.142. The van der Waals surface area contributed by atoms with Gasteiger partial charge in [-0.05, 0) is 42.8 Å². The van der Waals surface area contributed by atoms with Crippen LogP contribution in [0.4, 0.5) is 0 Å². The van der Waals surface area contributed by atoms with E-state index in [4.69, 9.17) is 21.4 Å². The van der Waals surface area contributed by atoms with Crippen molar-refractivity contribution in [1.82, 2.24) is 5.01 Å². The molecule has 2 heterocycles. The van der Waals surface area contributed by atoms with E-state index in [-0.39, 0.29) is 11.8 Å². The molecule has 0 aliphatic carbocycles. The van der Waals surface area contributed by atoms with Gasteiger partial charge in [-0.25, -0.2) is 5.01 Å². The number of carbonyl (C=O) groups is 1. The van der Waals surface area contributed by atoms with E-state index in [1.165, 1.54) is 5.56 Å². The maximum atomic E-state index is 13.3. The fraction of sp³-hybridized carbons (Fsp3) is 0.167. The number of benzene rings is 3. The van der Waals surface area contributed by atoms with E-state index < -0.39 is 6.23 Å². The SMILES string of the molecule is Cc1ccc(C2=NN3[C@@H](C(=O)c4ccc(Br)cc4)Oc4ccc(Cl)cc4[C@H]3C2)cc1. The van der Waals surface area contributed by atoms with Gasteiger partial charge in [0.1, 0.15) is 5.75 Å². The smallest absolute Gasteiger partial charge is 0.251 e. The van der Waals surface area contributed by atoms with E-state index in [1.807, 2.05) is 24.3 Å². The summed E-state index contributed by atoms with van der Waals surface area (Å²) in [4.78, 5) is 13.3. The molecule has 150 valence electrons. The Kier molecular flexibility index (Phi) is 4.88. The monoisotopic (exact) mass is 480 g/mol. The van der Waals surface area contributed by atoms with Crippen LogP contribution in [0.25, 0.3) is 0 Å². The normalized spacial score (nSPS) is 19.6. The van der Waals surface area contributed by atoms with E-state index in [2.05, 4.69) is 47.1 Å². The lowest BCUT2D eigenvalue weighted by Gasteiger charge is -2.37. The Morgan fingerprint density at radius 3 is 2.57 bits per heavy atom. The molecule has 6 heteroatoms. The third kappa shape index (κ3) is 3.42. The molecule has 0 N–H and O–H groups in total. The summed E-state index contributed by atoms with van der Waals surface area (Å²) in [5.41, 5.74) is 4.71. The zero-order chi connectivity index (χ0) is 20.8. The summed E-state index contributed by atoms with van der Waals surface area (Å²) >= 11 is 9.68. The first-order valence-corrected chi connectivity index (χ1v) is 10.9. The van der Waals surface area contributed by atoms with Crippen molar-refractivity contribution >= 4 is 39.0 Å². The fourth-order valence-corrected chi connectivity index (χ4v) is 4.35. The van der Waals surface area contributed by atoms with Crippen LogP contribution in [0.3, 0.4) is 0 Å². The Bertz CT molecular complexity index is 1160. The Labute approximate surface area is 188 Å². The number of fused-ring (bicyclic) bond motifs is 3. The van der Waals surface area contributed by atoms with Crippen LogP contribution in [0.2, 0.25) is 5.02 Å². The number of Topliss-reactive ketones (excluding diaryl/α,β-unsaturated/α-hetero) is 1. The molecule has 0 amide bonds. The third-order valence-corrected chi connectivity index (χ3v) is 6.25. The number of hydrogen-bond acceptors (Lipinski definition) is 4. The van der Waals surface area contributed by atoms with Gasteiger partial charge in [0.05, 0.1) is 11.8 Å². The first kappa shape index (κ1) is 19.3. The van der Waals surface area contributed by atoms with Crippen molar-refractivity contribution in [3.05, 3.63) is 98.5 Å². The van der Waals surface area contributed by atoms with Gasteiger partial charge in [0.2, 0.25) is 5.78 Å². The summed E-state index contributed by atoms with van der Waals surface area (Å²) in [5.74, 6) is 0.554. The second kappa shape index (κ2) is 7.56. The maximum absolute atomic E-state index is 13.3. The molecule has 0 saturated heterocycles. The molecule has 0 aromatic heterocycles. The standard InChI is InChI=1S/C24H18BrClN2O2/c1-14-2-4-15(5-3-14)20-13-21-19-12-18(26)10-11-22(19)30-24(28(21)27-20)23(29)16-6-8-17(25)9-7-16/h2-12,21,24H,13H2,1H3/t21-,24-/m1/s1. The van der Waals surface area contributed by atoms with E-state index >= 15 is 0 Å². The average molecular weight is 482 g/mol. The van der Waals surface area contributed by atoms with Crippen molar-refractivity contribution in [2.24, 2.45) is 5.10 Å². The molecule has 0 fully saturated rings. The van der Waals surface area contributed by atoms with Crippen LogP contribution in [-0.2, 0) is 0 Å². The van der Waals surface area contributed by atoms with Crippen LogP contribution in [-0.4, -0.2) is 22.7 Å². The van der Waals surface area contributed by atoms with Gasteiger partial charge >= 0.3 is 0 Å². The minimum atomic E-state index is -0.826. The number of aryl methyl sites for hydroxylation is 1. The molecule has 2 aliphatic heterocycles. The van der Waals surface area contributed by atoms with Crippen LogP contribution in [0.15, 0.2) is 76.3 Å². The zero-order valence-corrected chi connectivity index (χ0v) is 18.5. The lowest BCUT2D eigenvalue weighted by molar-refractivity contribution is -0.00455. The molecule has 0 radical (unpaired) electrons. The molecular formula is C24H18BrClN2O2. The molecule has 5 rings (SSSR count). The minimum Gasteiger partial charge on any atom is -0.461 e. The highest BCUT2D eigenvalue weighted by molar-refractivity contribution is 9.10. The van der Waals surface area contributed by atoms with Gasteiger partial charge in [0, 0.05) is 27.0 Å². The van der Waals surface area contributed by atoms with Gasteiger partial charge in [0.15, 0.2) is 0 Å². The zero-order valence-electron chi connectivity index (χ0n) is 16.2. The van der Waals surface area contributed by atoms with Crippen molar-refractivity contribution in [2.45, 2.75) is 25.6 Å². The molecule has 30 heavy (non-hydrogen) atoms. The predicted octanol–water partition coefficient (Wildman–Crippen LogP) is 6.16. The van der Waals surface area contributed by atoms with Crippen molar-refractivity contribution in [3.8, 4) is 5.75 Å². The molecule has 2 aliphatic rings. The maximum Gasteiger partial charge on any atom is 0.251 e. The van der Waals surface area contributed by atoms with Gasteiger partial charge in [-0.15, -0.1) is 0 Å². The summed E-state index contributed by atoms with van der Waals surface area (Å²) in [6.45, 7) is 2.06. The van der Waals surface area contributed by atoms with Crippen molar-refractivity contribution < 1.29 is 9.53 Å². The molecule has 0 unspecified atom stereocenters. The topological polar surface area (TPSA) is 41.9 Å². The molecule has 3 aromatic carbocycles. The van der Waals surface area contributed by atoms with Crippen molar-refractivity contribution in [2.75, 3.05) is 0 Å². The summed E-state index contributed by atoms with van der Waals surface area (Å²) < 4.78 is 7.07.